The van der Waals surface area contributed by atoms with Crippen molar-refractivity contribution in [1.29, 1.82) is 0 Å². The van der Waals surface area contributed by atoms with E-state index in [0.717, 1.165) is 57.8 Å². The lowest BCUT2D eigenvalue weighted by atomic mass is 9.66. The van der Waals surface area contributed by atoms with Gasteiger partial charge in [0.2, 0.25) is 17.7 Å². The fraction of sp³-hybridized carbons (Fsp3) is 0.880. The molecule has 1 aliphatic carbocycles. The third-order valence-corrected chi connectivity index (χ3v) is 10.4. The van der Waals surface area contributed by atoms with Crippen LogP contribution in [0.4, 0.5) is 0 Å². The summed E-state index contributed by atoms with van der Waals surface area (Å²) in [7, 11) is 0. The van der Waals surface area contributed by atoms with Gasteiger partial charge < -0.3 is 20.6 Å². The third-order valence-electron chi connectivity index (χ3n) is 8.37. The normalized spacial score (nSPS) is 35.7. The number of hydrogen-bond donors (Lipinski definition) is 3. The maximum atomic E-state index is 13.9. The summed E-state index contributed by atoms with van der Waals surface area (Å²) in [6.45, 7) is 5.41. The monoisotopic (exact) mass is 479 g/mol. The van der Waals surface area contributed by atoms with E-state index in [9.17, 15) is 14.4 Å². The van der Waals surface area contributed by atoms with Crippen LogP contribution in [0.5, 0.6) is 0 Å². The van der Waals surface area contributed by atoms with Crippen LogP contribution in [-0.2, 0) is 14.4 Å². The van der Waals surface area contributed by atoms with Gasteiger partial charge in [-0.25, -0.2) is 0 Å². The van der Waals surface area contributed by atoms with Crippen molar-refractivity contribution in [1.82, 2.24) is 15.5 Å². The Bertz CT molecular complexity index is 758. The Hall–Kier alpha value is -1.28. The molecule has 1 spiro atoms. The molecule has 0 radical (unpaired) electrons. The maximum Gasteiger partial charge on any atom is 0.244 e. The van der Waals surface area contributed by atoms with E-state index in [2.05, 4.69) is 17.6 Å². The van der Waals surface area contributed by atoms with Crippen molar-refractivity contribution in [3.05, 3.63) is 0 Å². The molecule has 0 aromatic carbocycles. The summed E-state index contributed by atoms with van der Waals surface area (Å²) in [5, 5.41) is 15.5. The molecule has 4 rings (SSSR count). The summed E-state index contributed by atoms with van der Waals surface area (Å²) in [6, 6.07) is -0.322. The molecule has 2 unspecified atom stereocenters. The molecule has 3 saturated heterocycles. The van der Waals surface area contributed by atoms with Crippen LogP contribution in [0, 0.1) is 11.8 Å². The number of fused-ring (bicyclic) bond motifs is 1. The topological polar surface area (TPSA) is 98.7 Å². The van der Waals surface area contributed by atoms with E-state index < -0.39 is 16.7 Å². The van der Waals surface area contributed by atoms with Gasteiger partial charge in [0.05, 0.1) is 16.6 Å². The van der Waals surface area contributed by atoms with Crippen LogP contribution in [-0.4, -0.2) is 69.0 Å². The van der Waals surface area contributed by atoms with Crippen LogP contribution in [0.1, 0.15) is 84.5 Å². The summed E-state index contributed by atoms with van der Waals surface area (Å²) in [5.74, 6) is -0.886. The molecule has 3 heterocycles. The number of hydrogen-bond acceptors (Lipinski definition) is 5. The first-order chi connectivity index (χ1) is 15.9. The van der Waals surface area contributed by atoms with Gasteiger partial charge in [0.15, 0.2) is 0 Å². The van der Waals surface area contributed by atoms with Gasteiger partial charge >= 0.3 is 0 Å². The maximum absolute atomic E-state index is 13.9. The molecule has 7 nitrogen and oxygen atoms in total. The van der Waals surface area contributed by atoms with Crippen LogP contribution < -0.4 is 10.6 Å². The van der Waals surface area contributed by atoms with Gasteiger partial charge in [0.1, 0.15) is 6.04 Å². The van der Waals surface area contributed by atoms with Gasteiger partial charge in [-0.05, 0) is 58.3 Å². The second-order valence-electron chi connectivity index (χ2n) is 10.7. The second kappa shape index (κ2) is 10.1. The highest BCUT2D eigenvalue weighted by Gasteiger charge is 2.76. The Morgan fingerprint density at radius 3 is 2.58 bits per heavy atom. The second-order valence-corrected chi connectivity index (χ2v) is 12.6. The number of thioether (sulfide) groups is 1. The Balaban J connectivity index is 1.61. The van der Waals surface area contributed by atoms with Gasteiger partial charge in [0, 0.05) is 30.5 Å². The summed E-state index contributed by atoms with van der Waals surface area (Å²) < 4.78 is -0.819. The number of likely N-dealkylation sites (tertiary alicyclic amines) is 1. The first-order valence-corrected chi connectivity index (χ1v) is 13.9. The minimum Gasteiger partial charge on any atom is -0.396 e. The van der Waals surface area contributed by atoms with Crippen LogP contribution in [0.3, 0.4) is 0 Å². The molecule has 5 atom stereocenters. The average molecular weight is 480 g/mol. The van der Waals surface area contributed by atoms with Crippen molar-refractivity contribution >= 4 is 29.5 Å². The minimum absolute atomic E-state index is 0.0182. The molecule has 4 aliphatic rings. The molecule has 3 amide bonds. The Morgan fingerprint density at radius 1 is 1.12 bits per heavy atom. The first-order valence-electron chi connectivity index (χ1n) is 13.1. The molecule has 186 valence electrons. The Morgan fingerprint density at radius 2 is 1.88 bits per heavy atom. The van der Waals surface area contributed by atoms with E-state index >= 15 is 0 Å². The number of amides is 3. The molecule has 3 aliphatic heterocycles. The van der Waals surface area contributed by atoms with E-state index in [-0.39, 0.29) is 41.0 Å². The van der Waals surface area contributed by atoms with Gasteiger partial charge in [-0.1, -0.05) is 26.2 Å². The number of unbranched alkanes of at least 4 members (excludes halogenated alkanes) is 2. The predicted molar refractivity (Wildman–Crippen MR) is 130 cm³/mol. The highest BCUT2D eigenvalue weighted by molar-refractivity contribution is 8.02. The lowest BCUT2D eigenvalue weighted by molar-refractivity contribution is -0.140. The van der Waals surface area contributed by atoms with E-state index in [4.69, 9.17) is 5.11 Å². The van der Waals surface area contributed by atoms with Crippen molar-refractivity contribution < 1.29 is 19.5 Å². The van der Waals surface area contributed by atoms with Gasteiger partial charge in [-0.15, -0.1) is 11.8 Å². The molecular formula is C25H41N3O4S. The van der Waals surface area contributed by atoms with Crippen LogP contribution >= 0.6 is 11.8 Å². The van der Waals surface area contributed by atoms with Crippen molar-refractivity contribution in [3.8, 4) is 0 Å². The predicted octanol–water partition coefficient (Wildman–Crippen LogP) is 2.61. The first kappa shape index (κ1) is 24.8. The summed E-state index contributed by atoms with van der Waals surface area (Å²) in [5.41, 5.74) is 0. The summed E-state index contributed by atoms with van der Waals surface area (Å²) in [6.07, 6.45) is 10.3. The number of carbonyl (C=O) groups is 3. The zero-order valence-electron chi connectivity index (χ0n) is 20.2. The molecule has 4 fully saturated rings. The number of nitrogens with one attached hydrogen (secondary N) is 2. The molecule has 33 heavy (non-hydrogen) atoms. The number of aliphatic hydroxyl groups excluding tert-OH is 1. The van der Waals surface area contributed by atoms with Crippen molar-refractivity contribution in [2.45, 2.75) is 106 Å². The molecule has 2 bridgehead atoms. The smallest absolute Gasteiger partial charge is 0.244 e. The lowest BCUT2D eigenvalue weighted by Gasteiger charge is -2.36. The quantitative estimate of drug-likeness (QED) is 0.419. The number of nitrogens with zero attached hydrogens (tertiary/aromatic N) is 1. The van der Waals surface area contributed by atoms with E-state index in [1.807, 2.05) is 6.92 Å². The number of carbonyl (C=O) groups excluding carboxylic acids is 3. The highest BCUT2D eigenvalue weighted by Crippen LogP contribution is 2.71. The van der Waals surface area contributed by atoms with E-state index in [0.29, 0.717) is 19.5 Å². The fourth-order valence-corrected chi connectivity index (χ4v) is 9.18. The summed E-state index contributed by atoms with van der Waals surface area (Å²) >= 11 is 1.75. The Kier molecular flexibility index (Phi) is 7.63. The number of rotatable bonds is 10. The van der Waals surface area contributed by atoms with E-state index in [1.165, 1.54) is 6.42 Å². The number of aliphatic hydroxyl groups is 1. The SMILES string of the molecule is CCCNC(=O)[C@@H]1[C@H]2C(=O)N(CCCCCO)C(C(=O)NC3CCCCC3)C23CC[C@@]1(C)S3. The van der Waals surface area contributed by atoms with Crippen molar-refractivity contribution in [2.75, 3.05) is 19.7 Å². The molecule has 8 heteroatoms. The highest BCUT2D eigenvalue weighted by atomic mass is 32.2. The average Bonchev–Trinajstić information content (AvgIpc) is 3.36. The molecule has 3 N–H and O–H groups in total. The van der Waals surface area contributed by atoms with Crippen LogP contribution in [0.25, 0.3) is 0 Å². The lowest BCUT2D eigenvalue weighted by Crippen LogP contribution is -2.55. The zero-order chi connectivity index (χ0) is 23.6. The molecule has 0 aromatic heterocycles. The zero-order valence-corrected chi connectivity index (χ0v) is 21.1. The Labute approximate surface area is 202 Å². The van der Waals surface area contributed by atoms with Crippen molar-refractivity contribution in [3.63, 3.8) is 0 Å². The molecular weight excluding hydrogens is 438 g/mol. The standard InChI is InChI=1S/C25H41N3O4S/c1-3-14-26-21(30)18-19-23(32)28(15-8-5-9-16-29)20(25(19)13-12-24(18,2)33-25)22(31)27-17-10-6-4-7-11-17/h17-20,29H,3-16H2,1-2H3,(H,26,30)(H,27,31)/t18-,19-,20?,24+,25?/m0/s1. The van der Waals surface area contributed by atoms with Crippen molar-refractivity contribution in [2.24, 2.45) is 11.8 Å². The van der Waals surface area contributed by atoms with Crippen LogP contribution in [0.15, 0.2) is 0 Å². The fourth-order valence-electron chi connectivity index (χ4n) is 6.82. The van der Waals surface area contributed by atoms with E-state index in [1.54, 1.807) is 16.7 Å². The molecule has 1 saturated carbocycles. The summed E-state index contributed by atoms with van der Waals surface area (Å²) in [4.78, 5) is 42.7. The van der Waals surface area contributed by atoms with Crippen LogP contribution in [0.2, 0.25) is 0 Å². The largest absolute Gasteiger partial charge is 0.396 e. The molecule has 0 aromatic rings. The third kappa shape index (κ3) is 4.42. The van der Waals surface area contributed by atoms with Gasteiger partial charge in [0.25, 0.3) is 0 Å². The minimum atomic E-state index is -0.518. The van der Waals surface area contributed by atoms with Gasteiger partial charge in [-0.2, -0.15) is 0 Å². The van der Waals surface area contributed by atoms with Gasteiger partial charge in [-0.3, -0.25) is 14.4 Å².